The lowest BCUT2D eigenvalue weighted by atomic mass is 10.1. The summed E-state index contributed by atoms with van der Waals surface area (Å²) in [5.74, 6) is -1.82. The fourth-order valence-corrected chi connectivity index (χ4v) is 2.05. The van der Waals surface area contributed by atoms with Gasteiger partial charge in [-0.25, -0.2) is 9.18 Å². The summed E-state index contributed by atoms with van der Waals surface area (Å²) in [6.07, 6.45) is 2.25. The van der Waals surface area contributed by atoms with E-state index in [0.717, 1.165) is 0 Å². The van der Waals surface area contributed by atoms with E-state index in [2.05, 4.69) is 5.32 Å². The first-order chi connectivity index (χ1) is 9.56. The van der Waals surface area contributed by atoms with Crippen LogP contribution in [0.5, 0.6) is 0 Å². The first-order valence-electron chi connectivity index (χ1n) is 6.25. The molecule has 0 aliphatic carbocycles. The lowest BCUT2D eigenvalue weighted by molar-refractivity contribution is -0.133. The Morgan fingerprint density at radius 3 is 2.80 bits per heavy atom. The number of rotatable bonds is 4. The molecule has 20 heavy (non-hydrogen) atoms. The van der Waals surface area contributed by atoms with E-state index in [0.29, 0.717) is 13.0 Å². The Morgan fingerprint density at radius 2 is 2.10 bits per heavy atom. The molecule has 0 aromatic heterocycles. The molecule has 0 radical (unpaired) electrons. The average Bonchev–Trinajstić information content (AvgIpc) is 2.41. The summed E-state index contributed by atoms with van der Waals surface area (Å²) in [7, 11) is 0. The summed E-state index contributed by atoms with van der Waals surface area (Å²) < 4.78 is 13.4. The molecule has 6 heteroatoms. The molecule has 0 unspecified atom stereocenters. The van der Waals surface area contributed by atoms with Gasteiger partial charge >= 0.3 is 5.97 Å². The number of benzene rings is 1. The van der Waals surface area contributed by atoms with Gasteiger partial charge in [-0.3, -0.25) is 9.69 Å². The number of hydrogen-bond donors (Lipinski definition) is 2. The highest BCUT2D eigenvalue weighted by Gasteiger charge is 2.19. The van der Waals surface area contributed by atoms with Crippen LogP contribution < -0.4 is 5.32 Å². The van der Waals surface area contributed by atoms with Crippen LogP contribution in [-0.4, -0.2) is 41.5 Å². The van der Waals surface area contributed by atoms with Gasteiger partial charge in [0.25, 0.3) is 0 Å². The third-order valence-corrected chi connectivity index (χ3v) is 3.02. The minimum atomic E-state index is -0.968. The monoisotopic (exact) mass is 278 g/mol. The van der Waals surface area contributed by atoms with Crippen LogP contribution in [0.3, 0.4) is 0 Å². The summed E-state index contributed by atoms with van der Waals surface area (Å²) in [6, 6.07) is 5.91. The van der Waals surface area contributed by atoms with Crippen molar-refractivity contribution in [3.8, 4) is 0 Å². The number of anilines is 1. The molecule has 1 amide bonds. The normalized spacial score (nSPS) is 15.6. The summed E-state index contributed by atoms with van der Waals surface area (Å²) in [5.41, 5.74) is 0.415. The first-order valence-corrected chi connectivity index (χ1v) is 6.25. The van der Waals surface area contributed by atoms with Crippen LogP contribution in [0.15, 0.2) is 35.9 Å². The van der Waals surface area contributed by atoms with Gasteiger partial charge in [-0.2, -0.15) is 0 Å². The Balaban J connectivity index is 1.91. The maximum Gasteiger partial charge on any atom is 0.332 e. The summed E-state index contributed by atoms with van der Waals surface area (Å²) in [5, 5.41) is 11.4. The van der Waals surface area contributed by atoms with Crippen molar-refractivity contribution in [2.24, 2.45) is 0 Å². The molecule has 0 atom stereocenters. The number of carbonyl (C=O) groups excluding carboxylic acids is 1. The van der Waals surface area contributed by atoms with E-state index in [1.807, 2.05) is 0 Å². The van der Waals surface area contributed by atoms with Crippen molar-refractivity contribution in [1.29, 1.82) is 0 Å². The van der Waals surface area contributed by atoms with E-state index >= 15 is 0 Å². The second-order valence-electron chi connectivity index (χ2n) is 4.56. The largest absolute Gasteiger partial charge is 0.478 e. The van der Waals surface area contributed by atoms with E-state index in [1.54, 1.807) is 23.1 Å². The number of amides is 1. The second-order valence-corrected chi connectivity index (χ2v) is 4.56. The van der Waals surface area contributed by atoms with Gasteiger partial charge in [0.15, 0.2) is 0 Å². The highest BCUT2D eigenvalue weighted by molar-refractivity contribution is 5.92. The molecule has 0 saturated carbocycles. The Bertz CT molecular complexity index is 557. The molecule has 2 N–H and O–H groups in total. The van der Waals surface area contributed by atoms with Crippen LogP contribution in [0.4, 0.5) is 10.1 Å². The van der Waals surface area contributed by atoms with E-state index < -0.39 is 11.8 Å². The third-order valence-electron chi connectivity index (χ3n) is 3.02. The molecular formula is C14H15FN2O3. The van der Waals surface area contributed by atoms with E-state index in [9.17, 15) is 14.0 Å². The molecule has 1 aromatic rings. The molecule has 0 saturated heterocycles. The van der Waals surface area contributed by atoms with Crippen LogP contribution in [0.1, 0.15) is 6.42 Å². The Morgan fingerprint density at radius 1 is 1.35 bits per heavy atom. The third kappa shape index (κ3) is 3.64. The number of carboxylic acids is 1. The quantitative estimate of drug-likeness (QED) is 0.875. The minimum Gasteiger partial charge on any atom is -0.478 e. The van der Waals surface area contributed by atoms with Crippen molar-refractivity contribution < 1.29 is 19.1 Å². The molecule has 5 nitrogen and oxygen atoms in total. The Labute approximate surface area is 115 Å². The average molecular weight is 278 g/mol. The van der Waals surface area contributed by atoms with Gasteiger partial charge in [0.05, 0.1) is 12.2 Å². The number of aliphatic carboxylic acids is 1. The smallest absolute Gasteiger partial charge is 0.332 e. The summed E-state index contributed by atoms with van der Waals surface area (Å²) in [6.45, 7) is 0.875. The number of hydrogen-bond acceptors (Lipinski definition) is 3. The lowest BCUT2D eigenvalue weighted by Gasteiger charge is -2.24. The van der Waals surface area contributed by atoms with Gasteiger partial charge in [-0.05, 0) is 18.6 Å². The van der Waals surface area contributed by atoms with E-state index in [4.69, 9.17) is 5.11 Å². The zero-order valence-corrected chi connectivity index (χ0v) is 10.8. The van der Waals surface area contributed by atoms with Crippen LogP contribution >= 0.6 is 0 Å². The molecule has 1 heterocycles. The van der Waals surface area contributed by atoms with E-state index in [1.165, 1.54) is 12.1 Å². The van der Waals surface area contributed by atoms with Gasteiger partial charge in [-0.15, -0.1) is 0 Å². The molecular weight excluding hydrogens is 263 g/mol. The molecule has 0 spiro atoms. The summed E-state index contributed by atoms with van der Waals surface area (Å²) >= 11 is 0. The number of nitrogens with one attached hydrogen (secondary N) is 1. The van der Waals surface area contributed by atoms with Crippen molar-refractivity contribution in [3.63, 3.8) is 0 Å². The van der Waals surface area contributed by atoms with Crippen LogP contribution in [0.25, 0.3) is 0 Å². The van der Waals surface area contributed by atoms with Crippen molar-refractivity contribution in [2.45, 2.75) is 6.42 Å². The summed E-state index contributed by atoms with van der Waals surface area (Å²) in [4.78, 5) is 24.4. The number of carboxylic acid groups (broad SMARTS) is 1. The molecule has 1 aromatic carbocycles. The maximum atomic E-state index is 13.4. The minimum absolute atomic E-state index is 0.0406. The van der Waals surface area contributed by atoms with Gasteiger partial charge in [0.1, 0.15) is 5.82 Å². The fraction of sp³-hybridized carbons (Fsp3) is 0.286. The predicted molar refractivity (Wildman–Crippen MR) is 71.8 cm³/mol. The molecule has 2 rings (SSSR count). The fourth-order valence-electron chi connectivity index (χ4n) is 2.05. The number of carbonyl (C=O) groups is 2. The van der Waals surface area contributed by atoms with Crippen molar-refractivity contribution in [3.05, 3.63) is 41.7 Å². The second kappa shape index (κ2) is 6.29. The van der Waals surface area contributed by atoms with Gasteiger partial charge in [0, 0.05) is 18.7 Å². The topological polar surface area (TPSA) is 69.6 Å². The van der Waals surface area contributed by atoms with E-state index in [-0.39, 0.29) is 30.3 Å². The zero-order chi connectivity index (χ0) is 14.5. The van der Waals surface area contributed by atoms with Crippen molar-refractivity contribution in [2.75, 3.05) is 25.0 Å². The molecule has 106 valence electrons. The number of halogens is 1. The molecule has 1 aliphatic heterocycles. The SMILES string of the molecule is O=C(CN1CCC=C(C(=O)O)C1)Nc1ccccc1F. The standard InChI is InChI=1S/C14H15FN2O3/c15-11-5-1-2-6-12(11)16-13(18)9-17-7-3-4-10(8-17)14(19)20/h1-2,4-6H,3,7-9H2,(H,16,18)(H,19,20). The number of nitrogens with zero attached hydrogens (tertiary/aromatic N) is 1. The first kappa shape index (κ1) is 14.2. The van der Waals surface area contributed by atoms with Crippen molar-refractivity contribution >= 4 is 17.6 Å². The van der Waals surface area contributed by atoms with Gasteiger partial charge in [-0.1, -0.05) is 18.2 Å². The molecule has 1 aliphatic rings. The van der Waals surface area contributed by atoms with Crippen LogP contribution in [0.2, 0.25) is 0 Å². The number of para-hydroxylation sites is 1. The van der Waals surface area contributed by atoms with Gasteiger partial charge in [0.2, 0.25) is 5.91 Å². The highest BCUT2D eigenvalue weighted by atomic mass is 19.1. The zero-order valence-electron chi connectivity index (χ0n) is 10.8. The van der Waals surface area contributed by atoms with Crippen LogP contribution in [-0.2, 0) is 9.59 Å². The van der Waals surface area contributed by atoms with Gasteiger partial charge < -0.3 is 10.4 Å². The highest BCUT2D eigenvalue weighted by Crippen LogP contribution is 2.13. The Kier molecular flexibility index (Phi) is 4.47. The van der Waals surface area contributed by atoms with Crippen LogP contribution in [0, 0.1) is 5.82 Å². The lowest BCUT2D eigenvalue weighted by Crippen LogP contribution is -2.38. The predicted octanol–water partition coefficient (Wildman–Crippen LogP) is 1.48. The Hall–Kier alpha value is -2.21. The molecule has 0 bridgehead atoms. The maximum absolute atomic E-state index is 13.4. The molecule has 0 fully saturated rings. The van der Waals surface area contributed by atoms with Crippen molar-refractivity contribution in [1.82, 2.24) is 4.90 Å².